The average Bonchev–Trinajstić information content (AvgIpc) is 3.90. The van der Waals surface area contributed by atoms with Crippen molar-refractivity contribution in [1.29, 1.82) is 5.26 Å². The minimum atomic E-state index is -0.846. The van der Waals surface area contributed by atoms with E-state index in [0.29, 0.717) is 49.7 Å². The lowest BCUT2D eigenvalue weighted by Crippen LogP contribution is -2.52. The molecule has 14 heteroatoms. The zero-order valence-electron chi connectivity index (χ0n) is 50.8. The fraction of sp³-hybridized carbons (Fsp3) is 0.815. The number of likely N-dealkylation sites (tertiary alicyclic amines) is 1. The second-order valence-electron chi connectivity index (χ2n) is 23.7. The van der Waals surface area contributed by atoms with E-state index in [1.54, 1.807) is 15.7 Å². The summed E-state index contributed by atoms with van der Waals surface area (Å²) in [7, 11) is 1.97. The molecule has 1 saturated heterocycles. The zero-order chi connectivity index (χ0) is 57.3. The van der Waals surface area contributed by atoms with Crippen LogP contribution in [0.5, 0.6) is 0 Å². The van der Waals surface area contributed by atoms with Crippen LogP contribution in [-0.4, -0.2) is 94.7 Å². The summed E-state index contributed by atoms with van der Waals surface area (Å²) in [5, 5.41) is 9.86. The number of carbonyl (C=O) groups excluding carboxylic acids is 5. The molecule has 0 bridgehead atoms. The number of likely N-dealkylation sites (N-methyl/N-ethyl adjacent to an activating group) is 1. The van der Waals surface area contributed by atoms with E-state index in [2.05, 4.69) is 49.5 Å². The molecule has 14 nitrogen and oxygen atoms in total. The van der Waals surface area contributed by atoms with Crippen LogP contribution in [0.15, 0.2) is 18.6 Å². The summed E-state index contributed by atoms with van der Waals surface area (Å²) in [6.45, 7) is 11.7. The number of rotatable bonds is 47. The van der Waals surface area contributed by atoms with E-state index in [1.807, 2.05) is 19.2 Å². The van der Waals surface area contributed by atoms with Crippen molar-refractivity contribution in [1.82, 2.24) is 19.4 Å². The first-order chi connectivity index (χ1) is 38.4. The smallest absolute Gasteiger partial charge is 0.306 e. The monoisotopic (exact) mass is 1100 g/mol. The molecule has 0 saturated carbocycles. The van der Waals surface area contributed by atoms with Crippen LogP contribution < -0.4 is 4.90 Å². The number of esters is 3. The van der Waals surface area contributed by atoms with Crippen molar-refractivity contribution in [2.45, 2.75) is 291 Å². The molecule has 0 N–H and O–H groups in total. The van der Waals surface area contributed by atoms with Crippen molar-refractivity contribution >= 4 is 46.6 Å². The topological polar surface area (TPSA) is 174 Å². The highest BCUT2D eigenvalue weighted by molar-refractivity contribution is 5.95. The van der Waals surface area contributed by atoms with Crippen molar-refractivity contribution in [3.63, 3.8) is 0 Å². The van der Waals surface area contributed by atoms with Crippen LogP contribution in [0.3, 0.4) is 0 Å². The molecule has 2 aromatic rings. The molecule has 1 fully saturated rings. The molecule has 448 valence electrons. The van der Waals surface area contributed by atoms with Crippen LogP contribution in [0.4, 0.5) is 5.82 Å². The molecule has 0 radical (unpaired) electrons. The lowest BCUT2D eigenvalue weighted by Gasteiger charge is -2.42. The number of amides is 1. The van der Waals surface area contributed by atoms with Gasteiger partial charge in [0.15, 0.2) is 11.8 Å². The molecular weight excluding hydrogens is 993 g/mol. The Hall–Kier alpha value is -4.54. The van der Waals surface area contributed by atoms with Gasteiger partial charge < -0.3 is 24.0 Å². The van der Waals surface area contributed by atoms with E-state index in [0.717, 1.165) is 88.9 Å². The summed E-state index contributed by atoms with van der Waals surface area (Å²) in [5.41, 5.74) is 0.570. The zero-order valence-corrected chi connectivity index (χ0v) is 50.8. The Balaban J connectivity index is 1.36. The Bertz CT molecular complexity index is 1970. The minimum absolute atomic E-state index is 0.00613. The summed E-state index contributed by atoms with van der Waals surface area (Å²) >= 11 is 0. The summed E-state index contributed by atoms with van der Waals surface area (Å²) in [4.78, 5) is 77.9. The summed E-state index contributed by atoms with van der Waals surface area (Å²) in [5.74, 6) is 0.140. The van der Waals surface area contributed by atoms with Crippen LogP contribution in [0.25, 0.3) is 11.0 Å². The second kappa shape index (κ2) is 43.2. The largest absolute Gasteiger partial charge is 0.462 e. The van der Waals surface area contributed by atoms with Gasteiger partial charge in [0.05, 0.1) is 17.5 Å². The summed E-state index contributed by atoms with van der Waals surface area (Å²) < 4.78 is 18.7. The molecular formula is C65H110N6O8. The normalized spacial score (nSPS) is 15.2. The molecule has 0 aliphatic carbocycles. The lowest BCUT2D eigenvalue weighted by molar-refractivity contribution is -0.167. The molecule has 0 aromatic carbocycles. The van der Waals surface area contributed by atoms with E-state index in [-0.39, 0.29) is 73.7 Å². The Morgan fingerprint density at radius 1 is 0.633 bits per heavy atom. The average molecular weight is 1100 g/mol. The summed E-state index contributed by atoms with van der Waals surface area (Å²) in [6, 6.07) is 3.88. The number of hydrogen-bond donors (Lipinski definition) is 0. The molecule has 1 aliphatic heterocycles. The van der Waals surface area contributed by atoms with E-state index in [1.165, 1.54) is 135 Å². The molecule has 2 aromatic heterocycles. The van der Waals surface area contributed by atoms with E-state index in [4.69, 9.17) is 19.5 Å². The first-order valence-electron chi connectivity index (χ1n) is 32.1. The quantitative estimate of drug-likeness (QED) is 0.0349. The van der Waals surface area contributed by atoms with Gasteiger partial charge in [-0.05, 0) is 43.1 Å². The molecule has 79 heavy (non-hydrogen) atoms. The number of nitriles is 1. The Morgan fingerprint density at radius 3 is 1.57 bits per heavy atom. The van der Waals surface area contributed by atoms with Crippen LogP contribution in [0.1, 0.15) is 283 Å². The minimum Gasteiger partial charge on any atom is -0.462 e. The van der Waals surface area contributed by atoms with Crippen molar-refractivity contribution in [2.75, 3.05) is 38.3 Å². The number of aromatic nitrogens is 3. The number of anilines is 1. The number of nitrogens with zero attached hydrogens (tertiary/aromatic N) is 6. The Labute approximate surface area is 479 Å². The van der Waals surface area contributed by atoms with Crippen LogP contribution >= 0.6 is 0 Å². The van der Waals surface area contributed by atoms with Gasteiger partial charge in [0, 0.05) is 52.0 Å². The van der Waals surface area contributed by atoms with Gasteiger partial charge in [0.25, 0.3) is 0 Å². The van der Waals surface area contributed by atoms with Gasteiger partial charge in [-0.1, -0.05) is 227 Å². The molecule has 0 spiro atoms. The third-order valence-corrected chi connectivity index (χ3v) is 16.4. The van der Waals surface area contributed by atoms with E-state index in [9.17, 15) is 24.0 Å². The number of piperidine rings is 1. The fourth-order valence-electron chi connectivity index (χ4n) is 11.2. The number of ether oxygens (including phenoxy) is 3. The second-order valence-corrected chi connectivity index (χ2v) is 23.7. The van der Waals surface area contributed by atoms with Crippen molar-refractivity contribution in [3.8, 4) is 6.07 Å². The molecule has 1 aliphatic rings. The molecule has 4 atom stereocenters. The number of hydrogen-bond acceptors (Lipinski definition) is 12. The Morgan fingerprint density at radius 2 is 1.09 bits per heavy atom. The first kappa shape index (κ1) is 68.7. The maximum absolute atomic E-state index is 13.6. The predicted octanol–water partition coefficient (Wildman–Crippen LogP) is 16.0. The number of fused-ring (bicyclic) bond motifs is 1. The predicted molar refractivity (Wildman–Crippen MR) is 319 cm³/mol. The lowest BCUT2D eigenvalue weighted by atomic mass is 9.92. The third-order valence-electron chi connectivity index (χ3n) is 16.4. The van der Waals surface area contributed by atoms with Gasteiger partial charge in [-0.25, -0.2) is 9.97 Å². The van der Waals surface area contributed by atoms with Crippen molar-refractivity contribution < 1.29 is 38.2 Å². The number of unbranched alkanes of at least 4 members (excludes halogenated alkanes) is 27. The van der Waals surface area contributed by atoms with Crippen molar-refractivity contribution in [3.05, 3.63) is 18.6 Å². The first-order valence-corrected chi connectivity index (χ1v) is 32.1. The SMILES string of the molecule is CCCCCCCCCCCCCCCC(=O)OCC(COC(=O)CCCCCCCCCCCCCCC)OC(=O)CC(C)CCCCCCC(C)CC(=O)n1ccc2c(N(C)[C@H]3CN(C(=O)CC#N)CC[C@H]3C)ncnc21. The van der Waals surface area contributed by atoms with Crippen LogP contribution in [0, 0.1) is 29.1 Å². The highest BCUT2D eigenvalue weighted by Crippen LogP contribution is 2.31. The standard InChI is InChI=1S/C65H110N6O8/c1-7-9-11-13-15-17-19-21-23-25-27-29-35-39-61(74)77-50-56(51-78-62(75)40-36-30-28-26-24-22-20-18-16-14-12-10-8-2)79-63(76)48-54(4)38-34-32-31-33-37-53(3)47-60(73)71-46-43-57-64(67-52-68-65(57)71)69(6)58-49-70(45-42-55(58)5)59(72)41-44-66/h43,46,52-56,58H,7-42,45,47-51H2,1-6H3/t53?,54?,55-,58+/m1/s1. The van der Waals surface area contributed by atoms with Gasteiger partial charge in [0.2, 0.25) is 11.8 Å². The molecule has 1 amide bonds. The van der Waals surface area contributed by atoms with E-state index >= 15 is 0 Å². The van der Waals surface area contributed by atoms with Gasteiger partial charge in [-0.2, -0.15) is 5.26 Å². The van der Waals surface area contributed by atoms with Gasteiger partial charge in [0.1, 0.15) is 31.8 Å². The Kier molecular flexibility index (Phi) is 37.6. The van der Waals surface area contributed by atoms with Gasteiger partial charge in [-0.15, -0.1) is 0 Å². The summed E-state index contributed by atoms with van der Waals surface area (Å²) in [6.07, 6.45) is 42.2. The molecule has 3 rings (SSSR count). The van der Waals surface area contributed by atoms with Crippen molar-refractivity contribution in [2.24, 2.45) is 17.8 Å². The van der Waals surface area contributed by atoms with Crippen LogP contribution in [0.2, 0.25) is 0 Å². The molecule has 3 heterocycles. The fourth-order valence-corrected chi connectivity index (χ4v) is 11.2. The third kappa shape index (κ3) is 30.2. The maximum Gasteiger partial charge on any atom is 0.306 e. The highest BCUT2D eigenvalue weighted by atomic mass is 16.6. The van der Waals surface area contributed by atoms with E-state index < -0.39 is 6.10 Å². The van der Waals surface area contributed by atoms with Gasteiger partial charge in [-0.3, -0.25) is 28.5 Å². The molecule has 2 unspecified atom stereocenters. The van der Waals surface area contributed by atoms with Gasteiger partial charge >= 0.3 is 17.9 Å². The maximum atomic E-state index is 13.6. The number of carbonyl (C=O) groups is 5. The van der Waals surface area contributed by atoms with Crippen LogP contribution in [-0.2, 0) is 33.4 Å². The highest BCUT2D eigenvalue weighted by Gasteiger charge is 2.33.